The molecule has 5 N–H and O–H groups in total. The van der Waals surface area contributed by atoms with Gasteiger partial charge in [0.05, 0.1) is 31.5 Å². The molecule has 5 nitrogen and oxygen atoms in total. The van der Waals surface area contributed by atoms with Crippen LogP contribution in [0.3, 0.4) is 0 Å². The molecule has 2 rings (SSSR count). The van der Waals surface area contributed by atoms with Crippen molar-refractivity contribution in [3.63, 3.8) is 0 Å². The topological polar surface area (TPSA) is 81.1 Å². The van der Waals surface area contributed by atoms with Crippen molar-refractivity contribution in [3.8, 4) is 0 Å². The number of nitrogens with one attached hydrogen (secondary N) is 1. The lowest BCUT2D eigenvalue weighted by atomic mass is 10.1. The molecule has 17 heavy (non-hydrogen) atoms. The summed E-state index contributed by atoms with van der Waals surface area (Å²) in [4.78, 5) is 12.5. The summed E-state index contributed by atoms with van der Waals surface area (Å²) in [5.74, 6) is 0.0521. The van der Waals surface area contributed by atoms with Gasteiger partial charge in [-0.25, -0.2) is 4.79 Å². The van der Waals surface area contributed by atoms with E-state index in [1.54, 1.807) is 18.2 Å². The van der Waals surface area contributed by atoms with E-state index in [1.165, 1.54) is 0 Å². The lowest BCUT2D eigenvalue weighted by molar-refractivity contribution is -0.830. The van der Waals surface area contributed by atoms with Crippen LogP contribution in [0, 0.1) is 0 Å². The van der Waals surface area contributed by atoms with E-state index in [0.717, 1.165) is 26.2 Å². The molecule has 0 aromatic heterocycles. The maximum Gasteiger partial charge on any atom is 0.347 e. The molecular weight excluding hydrogens is 216 g/mol. The molecule has 1 aliphatic heterocycles. The average molecular weight is 235 g/mol. The Morgan fingerprint density at radius 3 is 2.59 bits per heavy atom. The number of nitrogen functional groups attached to an aromatic ring is 2. The molecule has 1 saturated heterocycles. The predicted molar refractivity (Wildman–Crippen MR) is 68.4 cm³/mol. The Morgan fingerprint density at radius 1 is 1.29 bits per heavy atom. The zero-order chi connectivity index (χ0) is 12.5. The van der Waals surface area contributed by atoms with Crippen LogP contribution in [0.2, 0.25) is 0 Å². The molecule has 1 aromatic carbocycles. The van der Waals surface area contributed by atoms with Crippen LogP contribution >= 0.6 is 0 Å². The number of likely N-dealkylation sites (N-methyl/N-ethyl adjacent to an activating group) is 1. The zero-order valence-electron chi connectivity index (χ0n) is 10.1. The molecule has 0 aliphatic carbocycles. The summed E-state index contributed by atoms with van der Waals surface area (Å²) in [6.45, 7) is 3.27. The molecule has 1 fully saturated rings. The summed E-state index contributed by atoms with van der Waals surface area (Å²) in [5, 5.41) is 3.25. The number of anilines is 2. The number of quaternary nitrogens is 1. The van der Waals surface area contributed by atoms with E-state index < -0.39 is 0 Å². The molecule has 5 heteroatoms. The first-order valence-electron chi connectivity index (χ1n) is 5.79. The maximum absolute atomic E-state index is 12.5. The number of hydrogen-bond donors (Lipinski definition) is 3. The van der Waals surface area contributed by atoms with Crippen LogP contribution in [0.5, 0.6) is 0 Å². The second-order valence-corrected chi connectivity index (χ2v) is 4.71. The van der Waals surface area contributed by atoms with Crippen molar-refractivity contribution in [2.24, 2.45) is 0 Å². The van der Waals surface area contributed by atoms with E-state index in [9.17, 15) is 4.79 Å². The van der Waals surface area contributed by atoms with E-state index >= 15 is 0 Å². The number of nitrogens with zero attached hydrogens (tertiary/aromatic N) is 1. The molecule has 1 heterocycles. The van der Waals surface area contributed by atoms with Gasteiger partial charge in [-0.1, -0.05) is 6.07 Å². The fourth-order valence-corrected chi connectivity index (χ4v) is 2.15. The third kappa shape index (κ3) is 2.11. The lowest BCUT2D eigenvalue weighted by Gasteiger charge is -2.35. The number of piperazine rings is 1. The molecule has 1 aliphatic rings. The van der Waals surface area contributed by atoms with Gasteiger partial charge in [0.25, 0.3) is 0 Å². The monoisotopic (exact) mass is 235 g/mol. The van der Waals surface area contributed by atoms with Gasteiger partial charge in [0.2, 0.25) is 0 Å². The maximum atomic E-state index is 12.5. The molecule has 1 aromatic rings. The van der Waals surface area contributed by atoms with Crippen molar-refractivity contribution in [1.29, 1.82) is 0 Å². The van der Waals surface area contributed by atoms with Crippen molar-refractivity contribution >= 4 is 17.3 Å². The van der Waals surface area contributed by atoms with Gasteiger partial charge in [-0.15, -0.1) is 0 Å². The summed E-state index contributed by atoms with van der Waals surface area (Å²) in [7, 11) is 1.95. The third-order valence-electron chi connectivity index (χ3n) is 3.42. The van der Waals surface area contributed by atoms with Crippen LogP contribution in [-0.4, -0.2) is 43.6 Å². The van der Waals surface area contributed by atoms with Gasteiger partial charge in [0.1, 0.15) is 5.56 Å². The number of nitrogens with two attached hydrogens (primary N) is 2. The minimum atomic E-state index is 0.0521. The summed E-state index contributed by atoms with van der Waals surface area (Å²) in [5.41, 5.74) is 13.0. The number of rotatable bonds is 1. The van der Waals surface area contributed by atoms with Gasteiger partial charge in [-0.2, -0.15) is 0 Å². The second-order valence-electron chi connectivity index (χ2n) is 4.71. The number of benzene rings is 1. The SMILES string of the molecule is C[N+]1(C(=O)c2cccc(N)c2N)CCNCC1. The lowest BCUT2D eigenvalue weighted by Crippen LogP contribution is -2.59. The van der Waals surface area contributed by atoms with E-state index in [1.807, 2.05) is 7.05 Å². The standard InChI is InChI=1S/C12H18N4O/c1-16(7-5-15-6-8-16)12(17)9-3-2-4-10(13)11(9)14/h2-4,15H,5-8,13H2,1H3,(H-,14,17)/p+1. The van der Waals surface area contributed by atoms with Crippen molar-refractivity contribution in [2.75, 3.05) is 44.7 Å². The van der Waals surface area contributed by atoms with Crippen LogP contribution in [0.4, 0.5) is 11.4 Å². The highest BCUT2D eigenvalue weighted by molar-refractivity contribution is 5.97. The van der Waals surface area contributed by atoms with Crippen molar-refractivity contribution < 1.29 is 9.28 Å². The number of carbonyl (C=O) groups is 1. The van der Waals surface area contributed by atoms with Crippen molar-refractivity contribution in [2.45, 2.75) is 0 Å². The predicted octanol–water partition coefficient (Wildman–Crippen LogP) is 0.0410. The molecule has 0 unspecified atom stereocenters. The average Bonchev–Trinajstić information content (AvgIpc) is 2.33. The van der Waals surface area contributed by atoms with Gasteiger partial charge in [-0.3, -0.25) is 4.48 Å². The van der Waals surface area contributed by atoms with Crippen LogP contribution in [0.15, 0.2) is 18.2 Å². The Kier molecular flexibility index (Phi) is 3.04. The molecule has 0 spiro atoms. The van der Waals surface area contributed by atoms with Crippen molar-refractivity contribution in [1.82, 2.24) is 5.32 Å². The van der Waals surface area contributed by atoms with Gasteiger partial charge in [0.15, 0.2) is 0 Å². The first-order chi connectivity index (χ1) is 8.04. The molecule has 0 radical (unpaired) electrons. The smallest absolute Gasteiger partial charge is 0.347 e. The zero-order valence-corrected chi connectivity index (χ0v) is 10.1. The minimum absolute atomic E-state index is 0.0521. The highest BCUT2D eigenvalue weighted by Crippen LogP contribution is 2.23. The number of amides is 1. The third-order valence-corrected chi connectivity index (χ3v) is 3.42. The quantitative estimate of drug-likeness (QED) is 0.474. The molecule has 0 atom stereocenters. The first-order valence-corrected chi connectivity index (χ1v) is 5.79. The largest absolute Gasteiger partial charge is 0.397 e. The number of carbonyl (C=O) groups excluding carboxylic acids is 1. The Labute approximate surface area is 101 Å². The summed E-state index contributed by atoms with van der Waals surface area (Å²) in [6.07, 6.45) is 0. The van der Waals surface area contributed by atoms with Crippen LogP contribution < -0.4 is 16.8 Å². The van der Waals surface area contributed by atoms with E-state index in [-0.39, 0.29) is 5.91 Å². The van der Waals surface area contributed by atoms with Gasteiger partial charge < -0.3 is 16.8 Å². The molecule has 92 valence electrons. The Balaban J connectivity index is 2.33. The van der Waals surface area contributed by atoms with E-state index in [0.29, 0.717) is 21.4 Å². The molecule has 1 amide bonds. The fourth-order valence-electron chi connectivity index (χ4n) is 2.15. The molecule has 0 bridgehead atoms. The fraction of sp³-hybridized carbons (Fsp3) is 0.417. The summed E-state index contributed by atoms with van der Waals surface area (Å²) < 4.78 is 0.390. The second kappa shape index (κ2) is 4.35. The van der Waals surface area contributed by atoms with Gasteiger partial charge in [-0.05, 0) is 12.1 Å². The highest BCUT2D eigenvalue weighted by Gasteiger charge is 2.35. The molecule has 0 saturated carbocycles. The summed E-state index contributed by atoms with van der Waals surface area (Å²) >= 11 is 0. The molecular formula is C12H19N4O+. The summed E-state index contributed by atoms with van der Waals surface area (Å²) in [6, 6.07) is 5.23. The van der Waals surface area contributed by atoms with Gasteiger partial charge >= 0.3 is 5.91 Å². The van der Waals surface area contributed by atoms with E-state index in [4.69, 9.17) is 11.5 Å². The van der Waals surface area contributed by atoms with Gasteiger partial charge in [0, 0.05) is 13.1 Å². The first kappa shape index (κ1) is 11.9. The highest BCUT2D eigenvalue weighted by atomic mass is 16.2. The van der Waals surface area contributed by atoms with Crippen LogP contribution in [-0.2, 0) is 0 Å². The Morgan fingerprint density at radius 2 is 1.94 bits per heavy atom. The minimum Gasteiger partial charge on any atom is -0.397 e. The van der Waals surface area contributed by atoms with Crippen LogP contribution in [0.1, 0.15) is 10.4 Å². The van der Waals surface area contributed by atoms with Crippen molar-refractivity contribution in [3.05, 3.63) is 23.8 Å². The normalized spacial score (nSPS) is 18.9. The van der Waals surface area contributed by atoms with Crippen LogP contribution in [0.25, 0.3) is 0 Å². The van der Waals surface area contributed by atoms with E-state index in [2.05, 4.69) is 5.32 Å². The Bertz CT molecular complexity index is 438. The Hall–Kier alpha value is -1.59. The number of para-hydroxylation sites is 1. The number of hydrogen-bond acceptors (Lipinski definition) is 4.